The Labute approximate surface area is 134 Å². The molecule has 1 aliphatic rings. The second kappa shape index (κ2) is 6.86. The van der Waals surface area contributed by atoms with Crippen LogP contribution in [0.25, 0.3) is 0 Å². The second-order valence-electron chi connectivity index (χ2n) is 5.52. The van der Waals surface area contributed by atoms with Gasteiger partial charge >= 0.3 is 0 Å². The number of ether oxygens (including phenoxy) is 1. The molecule has 4 nitrogen and oxygen atoms in total. The number of methoxy groups -OCH3 is 1. The SMILES string of the molecule is COc1c(Cl)cc(C(=O)NCC2(CO)CCCC2)cc1Cl. The Morgan fingerprint density at radius 3 is 2.38 bits per heavy atom. The number of benzene rings is 1. The van der Waals surface area contributed by atoms with E-state index in [9.17, 15) is 9.90 Å². The molecule has 0 radical (unpaired) electrons. The van der Waals surface area contributed by atoms with Gasteiger partial charge in [0.1, 0.15) is 0 Å². The molecule has 0 unspecified atom stereocenters. The normalized spacial score (nSPS) is 16.8. The Morgan fingerprint density at radius 2 is 1.90 bits per heavy atom. The fourth-order valence-corrected chi connectivity index (χ4v) is 3.41. The Morgan fingerprint density at radius 1 is 1.33 bits per heavy atom. The first-order valence-electron chi connectivity index (χ1n) is 6.93. The van der Waals surface area contributed by atoms with Crippen LogP contribution in [0.2, 0.25) is 10.0 Å². The van der Waals surface area contributed by atoms with Gasteiger partial charge in [0, 0.05) is 17.5 Å². The third-order valence-electron chi connectivity index (χ3n) is 4.09. The molecular formula is C15H19Cl2NO3. The minimum absolute atomic E-state index is 0.0946. The van der Waals surface area contributed by atoms with Crippen molar-refractivity contribution in [3.63, 3.8) is 0 Å². The molecule has 1 aliphatic carbocycles. The molecule has 0 aliphatic heterocycles. The van der Waals surface area contributed by atoms with Crippen molar-refractivity contribution in [3.8, 4) is 5.75 Å². The number of aliphatic hydroxyl groups is 1. The zero-order valence-corrected chi connectivity index (χ0v) is 13.4. The molecule has 0 atom stereocenters. The lowest BCUT2D eigenvalue weighted by molar-refractivity contribution is 0.0880. The lowest BCUT2D eigenvalue weighted by Gasteiger charge is -2.26. The van der Waals surface area contributed by atoms with Crippen molar-refractivity contribution in [1.82, 2.24) is 5.32 Å². The molecule has 6 heteroatoms. The van der Waals surface area contributed by atoms with Gasteiger partial charge < -0.3 is 15.2 Å². The zero-order valence-electron chi connectivity index (χ0n) is 11.9. The predicted molar refractivity (Wildman–Crippen MR) is 83.3 cm³/mol. The highest BCUT2D eigenvalue weighted by Gasteiger charge is 2.33. The van der Waals surface area contributed by atoms with Gasteiger partial charge in [0.2, 0.25) is 0 Å². The van der Waals surface area contributed by atoms with E-state index in [0.29, 0.717) is 27.9 Å². The molecular weight excluding hydrogens is 313 g/mol. The maximum absolute atomic E-state index is 12.2. The average Bonchev–Trinajstić information content (AvgIpc) is 2.94. The molecule has 1 saturated carbocycles. The summed E-state index contributed by atoms with van der Waals surface area (Å²) in [6, 6.07) is 3.06. The molecule has 2 rings (SSSR count). The lowest BCUT2D eigenvalue weighted by atomic mass is 9.87. The van der Waals surface area contributed by atoms with E-state index in [0.717, 1.165) is 25.7 Å². The largest absolute Gasteiger partial charge is 0.494 e. The average molecular weight is 332 g/mol. The van der Waals surface area contributed by atoms with Gasteiger partial charge in [-0.15, -0.1) is 0 Å². The summed E-state index contributed by atoms with van der Waals surface area (Å²) in [6.07, 6.45) is 4.06. The number of nitrogens with one attached hydrogen (secondary N) is 1. The second-order valence-corrected chi connectivity index (χ2v) is 6.34. The van der Waals surface area contributed by atoms with E-state index >= 15 is 0 Å². The summed E-state index contributed by atoms with van der Waals surface area (Å²) in [5, 5.41) is 13.0. The van der Waals surface area contributed by atoms with Crippen molar-refractivity contribution in [1.29, 1.82) is 0 Å². The third kappa shape index (κ3) is 3.62. The standard InChI is InChI=1S/C15H19Cl2NO3/c1-21-13-11(16)6-10(7-12(13)17)14(20)18-8-15(9-19)4-2-3-5-15/h6-7,19H,2-5,8-9H2,1H3,(H,18,20). The highest BCUT2D eigenvalue weighted by Crippen LogP contribution is 2.37. The predicted octanol–water partition coefficient (Wildman–Crippen LogP) is 3.28. The molecule has 0 bridgehead atoms. The molecule has 0 heterocycles. The first kappa shape index (κ1) is 16.4. The minimum Gasteiger partial charge on any atom is -0.494 e. The van der Waals surface area contributed by atoms with Crippen molar-refractivity contribution in [2.45, 2.75) is 25.7 Å². The maximum Gasteiger partial charge on any atom is 0.251 e. The van der Waals surface area contributed by atoms with Crippen LogP contribution in [0.4, 0.5) is 0 Å². The van der Waals surface area contributed by atoms with Gasteiger partial charge in [-0.1, -0.05) is 36.0 Å². The lowest BCUT2D eigenvalue weighted by Crippen LogP contribution is -2.38. The molecule has 0 saturated heterocycles. The summed E-state index contributed by atoms with van der Waals surface area (Å²) in [7, 11) is 1.47. The van der Waals surface area contributed by atoms with Crippen LogP contribution in [0, 0.1) is 5.41 Å². The Bertz CT molecular complexity index is 505. The van der Waals surface area contributed by atoms with Gasteiger partial charge in [-0.05, 0) is 25.0 Å². The van der Waals surface area contributed by atoms with Gasteiger partial charge in [-0.2, -0.15) is 0 Å². The number of hydrogen-bond donors (Lipinski definition) is 2. The molecule has 21 heavy (non-hydrogen) atoms. The van der Waals surface area contributed by atoms with Crippen LogP contribution < -0.4 is 10.1 Å². The molecule has 1 amide bonds. The van der Waals surface area contributed by atoms with E-state index < -0.39 is 0 Å². The van der Waals surface area contributed by atoms with E-state index in [2.05, 4.69) is 5.32 Å². The van der Waals surface area contributed by atoms with Crippen molar-refractivity contribution >= 4 is 29.1 Å². The number of carbonyl (C=O) groups is 1. The summed E-state index contributed by atoms with van der Waals surface area (Å²) in [4.78, 5) is 12.2. The molecule has 1 aromatic rings. The van der Waals surface area contributed by atoms with Gasteiger partial charge in [-0.25, -0.2) is 0 Å². The highest BCUT2D eigenvalue weighted by molar-refractivity contribution is 6.37. The summed E-state index contributed by atoms with van der Waals surface area (Å²) in [5.74, 6) is 0.110. The molecule has 0 aromatic heterocycles. The monoisotopic (exact) mass is 331 g/mol. The fraction of sp³-hybridized carbons (Fsp3) is 0.533. The summed E-state index contributed by atoms with van der Waals surface area (Å²) >= 11 is 12.1. The summed E-state index contributed by atoms with van der Waals surface area (Å²) in [5.41, 5.74) is 0.201. The Balaban J connectivity index is 2.07. The fourth-order valence-electron chi connectivity index (χ4n) is 2.77. The molecule has 116 valence electrons. The maximum atomic E-state index is 12.2. The van der Waals surface area contributed by atoms with Crippen molar-refractivity contribution in [3.05, 3.63) is 27.7 Å². The van der Waals surface area contributed by atoms with E-state index in [1.165, 1.54) is 19.2 Å². The highest BCUT2D eigenvalue weighted by atomic mass is 35.5. The van der Waals surface area contributed by atoms with E-state index in [4.69, 9.17) is 27.9 Å². The van der Waals surface area contributed by atoms with Crippen LogP contribution >= 0.6 is 23.2 Å². The topological polar surface area (TPSA) is 58.6 Å². The molecule has 2 N–H and O–H groups in total. The number of hydrogen-bond acceptors (Lipinski definition) is 3. The van der Waals surface area contributed by atoms with Gasteiger partial charge in [0.15, 0.2) is 5.75 Å². The van der Waals surface area contributed by atoms with Crippen molar-refractivity contribution in [2.24, 2.45) is 5.41 Å². The van der Waals surface area contributed by atoms with E-state index in [1.807, 2.05) is 0 Å². The van der Waals surface area contributed by atoms with Crippen LogP contribution in [0.15, 0.2) is 12.1 Å². The molecule has 1 aromatic carbocycles. The third-order valence-corrected chi connectivity index (χ3v) is 4.65. The first-order valence-corrected chi connectivity index (χ1v) is 7.69. The number of halogens is 2. The smallest absolute Gasteiger partial charge is 0.251 e. The van der Waals surface area contributed by atoms with Gasteiger partial charge in [-0.3, -0.25) is 4.79 Å². The minimum atomic E-state index is -0.249. The van der Waals surface area contributed by atoms with Gasteiger partial charge in [0.05, 0.1) is 23.8 Å². The quantitative estimate of drug-likeness (QED) is 0.870. The van der Waals surface area contributed by atoms with Crippen molar-refractivity contribution in [2.75, 3.05) is 20.3 Å². The van der Waals surface area contributed by atoms with Crippen LogP contribution in [0.3, 0.4) is 0 Å². The van der Waals surface area contributed by atoms with E-state index in [-0.39, 0.29) is 17.9 Å². The van der Waals surface area contributed by atoms with Crippen LogP contribution in [0.5, 0.6) is 5.75 Å². The number of aliphatic hydroxyl groups excluding tert-OH is 1. The number of amides is 1. The Kier molecular flexibility index (Phi) is 5.36. The zero-order chi connectivity index (χ0) is 15.5. The summed E-state index contributed by atoms with van der Waals surface area (Å²) in [6.45, 7) is 0.557. The first-order chi connectivity index (χ1) is 10.0. The van der Waals surface area contributed by atoms with Crippen molar-refractivity contribution < 1.29 is 14.6 Å². The van der Waals surface area contributed by atoms with Crippen LogP contribution in [0.1, 0.15) is 36.0 Å². The molecule has 1 fully saturated rings. The Hall–Kier alpha value is -0.970. The van der Waals surface area contributed by atoms with Crippen LogP contribution in [-0.4, -0.2) is 31.3 Å². The van der Waals surface area contributed by atoms with Crippen LogP contribution in [-0.2, 0) is 0 Å². The van der Waals surface area contributed by atoms with Gasteiger partial charge in [0.25, 0.3) is 5.91 Å². The molecule has 0 spiro atoms. The number of rotatable bonds is 5. The summed E-state index contributed by atoms with van der Waals surface area (Å²) < 4.78 is 5.06. The number of carbonyl (C=O) groups excluding carboxylic acids is 1. The van der Waals surface area contributed by atoms with E-state index in [1.54, 1.807) is 0 Å².